The zero-order chi connectivity index (χ0) is 15.6. The second-order valence-electron chi connectivity index (χ2n) is 5.03. The average Bonchev–Trinajstić information content (AvgIpc) is 2.38. The Morgan fingerprint density at radius 3 is 2.38 bits per heavy atom. The van der Waals surface area contributed by atoms with Gasteiger partial charge in [0, 0.05) is 12.2 Å². The van der Waals surface area contributed by atoms with Crippen LogP contribution in [0, 0.1) is 13.8 Å². The Labute approximate surface area is 126 Å². The van der Waals surface area contributed by atoms with E-state index in [1.807, 2.05) is 32.9 Å². The van der Waals surface area contributed by atoms with E-state index < -0.39 is 10.0 Å². The van der Waals surface area contributed by atoms with Gasteiger partial charge < -0.3 is 5.73 Å². The van der Waals surface area contributed by atoms with Crippen LogP contribution in [0.5, 0.6) is 0 Å². The van der Waals surface area contributed by atoms with Gasteiger partial charge in [-0.15, -0.1) is 0 Å². The van der Waals surface area contributed by atoms with Crippen molar-refractivity contribution in [2.45, 2.75) is 25.7 Å². The monoisotopic (exact) mass is 304 g/mol. The molecule has 0 bridgehead atoms. The summed E-state index contributed by atoms with van der Waals surface area (Å²) in [4.78, 5) is 0.331. The summed E-state index contributed by atoms with van der Waals surface area (Å²) < 4.78 is 27.2. The van der Waals surface area contributed by atoms with Crippen molar-refractivity contribution in [3.8, 4) is 0 Å². The quantitative estimate of drug-likeness (QED) is 0.883. The normalized spacial score (nSPS) is 11.4. The summed E-state index contributed by atoms with van der Waals surface area (Å²) in [6.07, 6.45) is 0. The van der Waals surface area contributed by atoms with Gasteiger partial charge in [-0.1, -0.05) is 23.8 Å². The van der Waals surface area contributed by atoms with E-state index in [0.717, 1.165) is 11.1 Å². The minimum Gasteiger partial charge on any atom is -0.399 e. The van der Waals surface area contributed by atoms with E-state index in [1.165, 1.54) is 4.31 Å². The lowest BCUT2D eigenvalue weighted by atomic mass is 10.2. The Kier molecular flexibility index (Phi) is 4.23. The highest BCUT2D eigenvalue weighted by Crippen LogP contribution is 2.27. The minimum absolute atomic E-state index is 0.331. The van der Waals surface area contributed by atoms with Gasteiger partial charge in [-0.05, 0) is 50.6 Å². The molecule has 0 saturated carbocycles. The Morgan fingerprint density at radius 2 is 1.81 bits per heavy atom. The summed E-state index contributed by atoms with van der Waals surface area (Å²) >= 11 is 0. The topological polar surface area (TPSA) is 63.4 Å². The van der Waals surface area contributed by atoms with Crippen molar-refractivity contribution < 1.29 is 8.42 Å². The number of rotatable bonds is 4. The van der Waals surface area contributed by atoms with Crippen LogP contribution in [-0.4, -0.2) is 15.0 Å². The predicted molar refractivity (Wildman–Crippen MR) is 87.0 cm³/mol. The van der Waals surface area contributed by atoms with Crippen molar-refractivity contribution in [1.82, 2.24) is 0 Å². The third-order valence-electron chi connectivity index (χ3n) is 3.34. The third-order valence-corrected chi connectivity index (χ3v) is 5.41. The number of nitrogens with zero attached hydrogens (tertiary/aromatic N) is 1. The van der Waals surface area contributed by atoms with E-state index in [4.69, 9.17) is 5.73 Å². The zero-order valence-corrected chi connectivity index (χ0v) is 13.3. The molecule has 0 heterocycles. The summed E-state index contributed by atoms with van der Waals surface area (Å²) in [6, 6.07) is 12.3. The van der Waals surface area contributed by atoms with Crippen LogP contribution in [0.15, 0.2) is 47.4 Å². The van der Waals surface area contributed by atoms with Crippen molar-refractivity contribution >= 4 is 21.4 Å². The van der Waals surface area contributed by atoms with Gasteiger partial charge in [0.05, 0.1) is 10.6 Å². The van der Waals surface area contributed by atoms with Gasteiger partial charge in [0.25, 0.3) is 10.0 Å². The molecule has 2 rings (SSSR count). The fourth-order valence-corrected chi connectivity index (χ4v) is 4.05. The van der Waals surface area contributed by atoms with Crippen molar-refractivity contribution in [2.75, 3.05) is 16.6 Å². The molecular weight excluding hydrogens is 284 g/mol. The average molecular weight is 304 g/mol. The number of anilines is 2. The Hall–Kier alpha value is -2.01. The van der Waals surface area contributed by atoms with E-state index in [-0.39, 0.29) is 0 Å². The SMILES string of the molecule is CCN(c1cccc(N)c1)S(=O)(=O)c1ccc(C)cc1C. The van der Waals surface area contributed by atoms with Crippen LogP contribution in [0.4, 0.5) is 11.4 Å². The molecule has 0 amide bonds. The van der Waals surface area contributed by atoms with Gasteiger partial charge in [-0.3, -0.25) is 4.31 Å². The molecule has 0 aromatic heterocycles. The number of sulfonamides is 1. The van der Waals surface area contributed by atoms with Crippen LogP contribution in [0.25, 0.3) is 0 Å². The summed E-state index contributed by atoms with van der Waals surface area (Å²) in [5.74, 6) is 0. The summed E-state index contributed by atoms with van der Waals surface area (Å²) in [5.41, 5.74) is 8.67. The molecule has 0 aliphatic rings. The van der Waals surface area contributed by atoms with E-state index in [0.29, 0.717) is 22.8 Å². The lowest BCUT2D eigenvalue weighted by molar-refractivity contribution is 0.591. The van der Waals surface area contributed by atoms with Crippen LogP contribution >= 0.6 is 0 Å². The molecule has 0 aliphatic carbocycles. The van der Waals surface area contributed by atoms with E-state index >= 15 is 0 Å². The number of hydrogen-bond acceptors (Lipinski definition) is 3. The molecule has 2 N–H and O–H groups in total. The van der Waals surface area contributed by atoms with Crippen LogP contribution in [0.2, 0.25) is 0 Å². The maximum absolute atomic E-state index is 12.9. The third kappa shape index (κ3) is 3.03. The number of nitrogens with two attached hydrogens (primary N) is 1. The first-order chi connectivity index (χ1) is 9.86. The Bertz CT molecular complexity index is 755. The second-order valence-corrected chi connectivity index (χ2v) is 6.86. The second kappa shape index (κ2) is 5.77. The van der Waals surface area contributed by atoms with Crippen molar-refractivity contribution in [3.05, 3.63) is 53.6 Å². The number of hydrogen-bond donors (Lipinski definition) is 1. The minimum atomic E-state index is -3.59. The van der Waals surface area contributed by atoms with Gasteiger partial charge in [-0.25, -0.2) is 8.42 Å². The molecule has 0 spiro atoms. The Morgan fingerprint density at radius 1 is 1.10 bits per heavy atom. The van der Waals surface area contributed by atoms with Crippen LogP contribution < -0.4 is 10.0 Å². The fraction of sp³-hybridized carbons (Fsp3) is 0.250. The molecule has 4 nitrogen and oxygen atoms in total. The summed E-state index contributed by atoms with van der Waals surface area (Å²) in [5, 5.41) is 0. The van der Waals surface area contributed by atoms with Gasteiger partial charge in [0.2, 0.25) is 0 Å². The van der Waals surface area contributed by atoms with Crippen LogP contribution in [0.1, 0.15) is 18.1 Å². The largest absolute Gasteiger partial charge is 0.399 e. The summed E-state index contributed by atoms with van der Waals surface area (Å²) in [7, 11) is -3.59. The van der Waals surface area contributed by atoms with Gasteiger partial charge in [0.1, 0.15) is 0 Å². The zero-order valence-electron chi connectivity index (χ0n) is 12.5. The van der Waals surface area contributed by atoms with Gasteiger partial charge in [-0.2, -0.15) is 0 Å². The first-order valence-electron chi connectivity index (χ1n) is 6.82. The highest BCUT2D eigenvalue weighted by atomic mass is 32.2. The molecule has 0 unspecified atom stereocenters. The van der Waals surface area contributed by atoms with Crippen molar-refractivity contribution in [1.29, 1.82) is 0 Å². The first-order valence-corrected chi connectivity index (χ1v) is 8.26. The molecule has 0 fully saturated rings. The van der Waals surface area contributed by atoms with Crippen molar-refractivity contribution in [2.24, 2.45) is 0 Å². The highest BCUT2D eigenvalue weighted by molar-refractivity contribution is 7.92. The maximum atomic E-state index is 12.9. The molecule has 2 aromatic rings. The van der Waals surface area contributed by atoms with E-state index in [9.17, 15) is 8.42 Å². The molecule has 0 atom stereocenters. The first kappa shape index (κ1) is 15.4. The standard InChI is InChI=1S/C16H20N2O2S/c1-4-18(15-7-5-6-14(17)11-15)21(19,20)16-9-8-12(2)10-13(16)3/h5-11H,4,17H2,1-3H3. The Balaban J connectivity index is 2.54. The van der Waals surface area contributed by atoms with Gasteiger partial charge in [0.15, 0.2) is 0 Å². The number of nitrogen functional groups attached to an aromatic ring is 1. The van der Waals surface area contributed by atoms with Gasteiger partial charge >= 0.3 is 0 Å². The van der Waals surface area contributed by atoms with E-state index in [2.05, 4.69) is 0 Å². The van der Waals surface area contributed by atoms with Crippen molar-refractivity contribution in [3.63, 3.8) is 0 Å². The van der Waals surface area contributed by atoms with E-state index in [1.54, 1.807) is 30.3 Å². The molecule has 0 aliphatic heterocycles. The van der Waals surface area contributed by atoms with Crippen LogP contribution in [0.3, 0.4) is 0 Å². The predicted octanol–water partition coefficient (Wildman–Crippen LogP) is 3.10. The lowest BCUT2D eigenvalue weighted by Gasteiger charge is -2.24. The number of benzene rings is 2. The molecule has 112 valence electrons. The molecule has 0 saturated heterocycles. The summed E-state index contributed by atoms with van der Waals surface area (Å²) in [6.45, 7) is 5.91. The molecule has 21 heavy (non-hydrogen) atoms. The molecular formula is C16H20N2O2S. The smallest absolute Gasteiger partial charge is 0.264 e. The molecule has 2 aromatic carbocycles. The maximum Gasteiger partial charge on any atom is 0.264 e. The highest BCUT2D eigenvalue weighted by Gasteiger charge is 2.25. The number of aryl methyl sites for hydroxylation is 2. The molecule has 0 radical (unpaired) electrons. The molecule has 5 heteroatoms. The lowest BCUT2D eigenvalue weighted by Crippen LogP contribution is -2.31. The van der Waals surface area contributed by atoms with Crippen LogP contribution in [-0.2, 0) is 10.0 Å². The fourth-order valence-electron chi connectivity index (χ4n) is 2.38.